The summed E-state index contributed by atoms with van der Waals surface area (Å²) in [5.41, 5.74) is 0. The van der Waals surface area contributed by atoms with Crippen LogP contribution in [-0.4, -0.2) is 22.9 Å². The van der Waals surface area contributed by atoms with Gasteiger partial charge in [0, 0.05) is 25.9 Å². The van der Waals surface area contributed by atoms with Crippen LogP contribution in [0.25, 0.3) is 0 Å². The lowest BCUT2D eigenvalue weighted by Gasteiger charge is -2.12. The molecule has 0 aliphatic rings. The SMILES string of the molecule is [CH2]C#CCC(O)C(C)CO. The van der Waals surface area contributed by atoms with E-state index in [0.717, 1.165) is 0 Å². The van der Waals surface area contributed by atoms with Gasteiger partial charge in [-0.1, -0.05) is 6.92 Å². The van der Waals surface area contributed by atoms with Gasteiger partial charge in [0.1, 0.15) is 0 Å². The lowest BCUT2D eigenvalue weighted by Crippen LogP contribution is -2.19. The Bertz CT molecular complexity index is 132. The van der Waals surface area contributed by atoms with Gasteiger partial charge in [0.05, 0.1) is 6.10 Å². The third kappa shape index (κ3) is 3.49. The second kappa shape index (κ2) is 5.28. The normalized spacial score (nSPS) is 15.2. The van der Waals surface area contributed by atoms with Crippen molar-refractivity contribution in [2.45, 2.75) is 19.4 Å². The molecule has 2 nitrogen and oxygen atoms in total. The van der Waals surface area contributed by atoms with Crippen LogP contribution in [0.1, 0.15) is 13.3 Å². The van der Waals surface area contributed by atoms with Crippen LogP contribution in [0, 0.1) is 24.7 Å². The van der Waals surface area contributed by atoms with Gasteiger partial charge in [0.25, 0.3) is 0 Å². The topological polar surface area (TPSA) is 40.5 Å². The van der Waals surface area contributed by atoms with Crippen molar-refractivity contribution in [2.75, 3.05) is 6.61 Å². The van der Waals surface area contributed by atoms with E-state index in [1.165, 1.54) is 0 Å². The summed E-state index contributed by atoms with van der Waals surface area (Å²) in [5.74, 6) is 4.98. The molecule has 0 aromatic rings. The molecular weight excluding hydrogens is 128 g/mol. The summed E-state index contributed by atoms with van der Waals surface area (Å²) in [7, 11) is 0. The number of hydrogen-bond donors (Lipinski definition) is 2. The predicted octanol–water partition coefficient (Wildman–Crippen LogP) is 0.203. The molecule has 0 spiro atoms. The molecule has 0 saturated heterocycles. The molecule has 0 heterocycles. The molecule has 57 valence electrons. The van der Waals surface area contributed by atoms with Gasteiger partial charge in [-0.25, -0.2) is 0 Å². The van der Waals surface area contributed by atoms with E-state index in [-0.39, 0.29) is 12.5 Å². The summed E-state index contributed by atoms with van der Waals surface area (Å²) in [4.78, 5) is 0. The second-order valence-corrected chi connectivity index (χ2v) is 2.28. The fraction of sp³-hybridized carbons (Fsp3) is 0.625. The van der Waals surface area contributed by atoms with Gasteiger partial charge in [-0.15, -0.1) is 11.8 Å². The largest absolute Gasteiger partial charge is 0.396 e. The Labute approximate surface area is 61.9 Å². The van der Waals surface area contributed by atoms with Crippen LogP contribution < -0.4 is 0 Å². The highest BCUT2D eigenvalue weighted by Gasteiger charge is 2.10. The zero-order valence-electron chi connectivity index (χ0n) is 6.17. The molecule has 0 bridgehead atoms. The van der Waals surface area contributed by atoms with Gasteiger partial charge in [-0.3, -0.25) is 0 Å². The third-order valence-corrected chi connectivity index (χ3v) is 1.38. The van der Waals surface area contributed by atoms with Gasteiger partial charge < -0.3 is 10.2 Å². The average Bonchev–Trinajstić information content (AvgIpc) is 1.98. The standard InChI is InChI=1S/C8H13O2/c1-3-4-5-8(10)7(2)6-9/h7-10H,1,5-6H2,2H3. The Balaban J connectivity index is 3.57. The molecule has 0 aliphatic heterocycles. The van der Waals surface area contributed by atoms with Gasteiger partial charge in [-0.05, 0) is 0 Å². The number of aliphatic hydroxyl groups excluding tert-OH is 2. The van der Waals surface area contributed by atoms with E-state index < -0.39 is 6.10 Å². The fourth-order valence-corrected chi connectivity index (χ4v) is 0.500. The zero-order valence-corrected chi connectivity index (χ0v) is 6.17. The number of rotatable bonds is 3. The predicted molar refractivity (Wildman–Crippen MR) is 40.0 cm³/mol. The molecule has 2 heteroatoms. The molecule has 0 aliphatic carbocycles. The molecule has 2 unspecified atom stereocenters. The van der Waals surface area contributed by atoms with Crippen LogP contribution in [-0.2, 0) is 0 Å². The molecule has 1 radical (unpaired) electrons. The number of hydrogen-bond acceptors (Lipinski definition) is 2. The van der Waals surface area contributed by atoms with E-state index in [1.54, 1.807) is 6.92 Å². The molecule has 0 aromatic heterocycles. The second-order valence-electron chi connectivity index (χ2n) is 2.28. The van der Waals surface area contributed by atoms with Crippen LogP contribution in [0.3, 0.4) is 0 Å². The van der Waals surface area contributed by atoms with Gasteiger partial charge in [-0.2, -0.15) is 0 Å². The monoisotopic (exact) mass is 141 g/mol. The van der Waals surface area contributed by atoms with E-state index in [4.69, 9.17) is 10.2 Å². The molecule has 0 rings (SSSR count). The first-order chi connectivity index (χ1) is 4.72. The van der Waals surface area contributed by atoms with Crippen LogP contribution in [0.2, 0.25) is 0 Å². The summed E-state index contributed by atoms with van der Waals surface area (Å²) in [6, 6.07) is 0. The minimum atomic E-state index is -0.528. The fourth-order valence-electron chi connectivity index (χ4n) is 0.500. The van der Waals surface area contributed by atoms with Crippen molar-refractivity contribution in [1.29, 1.82) is 0 Å². The average molecular weight is 141 g/mol. The third-order valence-electron chi connectivity index (χ3n) is 1.38. The first-order valence-corrected chi connectivity index (χ1v) is 3.26. The van der Waals surface area contributed by atoms with Crippen molar-refractivity contribution in [1.82, 2.24) is 0 Å². The first-order valence-electron chi connectivity index (χ1n) is 3.26. The van der Waals surface area contributed by atoms with Crippen LogP contribution in [0.5, 0.6) is 0 Å². The minimum absolute atomic E-state index is 0.0000104. The molecule has 2 N–H and O–H groups in total. The molecular formula is C8H13O2. The molecule has 0 saturated carbocycles. The summed E-state index contributed by atoms with van der Waals surface area (Å²) in [6.45, 7) is 5.08. The quantitative estimate of drug-likeness (QED) is 0.551. The molecule has 2 atom stereocenters. The maximum Gasteiger partial charge on any atom is 0.0696 e. The highest BCUT2D eigenvalue weighted by molar-refractivity contribution is 5.02. The Morgan fingerprint density at radius 1 is 1.60 bits per heavy atom. The summed E-state index contributed by atoms with van der Waals surface area (Å²) in [5, 5.41) is 17.7. The highest BCUT2D eigenvalue weighted by atomic mass is 16.3. The van der Waals surface area contributed by atoms with Crippen LogP contribution in [0.4, 0.5) is 0 Å². The van der Waals surface area contributed by atoms with E-state index in [0.29, 0.717) is 6.42 Å². The Hall–Kier alpha value is -0.520. The van der Waals surface area contributed by atoms with Crippen molar-refractivity contribution in [3.63, 3.8) is 0 Å². The Kier molecular flexibility index (Phi) is 5.00. The van der Waals surface area contributed by atoms with Crippen molar-refractivity contribution in [2.24, 2.45) is 5.92 Å². The minimum Gasteiger partial charge on any atom is -0.396 e. The van der Waals surface area contributed by atoms with E-state index in [9.17, 15) is 0 Å². The molecule has 0 fully saturated rings. The lowest BCUT2D eigenvalue weighted by molar-refractivity contribution is 0.0811. The van der Waals surface area contributed by atoms with Gasteiger partial charge in [0.2, 0.25) is 0 Å². The van der Waals surface area contributed by atoms with Gasteiger partial charge in [0.15, 0.2) is 0 Å². The zero-order chi connectivity index (χ0) is 7.98. The molecule has 0 aromatic carbocycles. The van der Waals surface area contributed by atoms with Crippen molar-refractivity contribution in [3.05, 3.63) is 6.92 Å². The summed E-state index contributed by atoms with van der Waals surface area (Å²) >= 11 is 0. The van der Waals surface area contributed by atoms with Crippen LogP contribution in [0.15, 0.2) is 0 Å². The Morgan fingerprint density at radius 3 is 2.60 bits per heavy atom. The molecule has 0 amide bonds. The maximum atomic E-state index is 9.16. The first kappa shape index (κ1) is 9.48. The maximum absolute atomic E-state index is 9.16. The van der Waals surface area contributed by atoms with Gasteiger partial charge >= 0.3 is 0 Å². The smallest absolute Gasteiger partial charge is 0.0696 e. The number of aliphatic hydroxyl groups is 2. The van der Waals surface area contributed by atoms with E-state index in [1.807, 2.05) is 0 Å². The van der Waals surface area contributed by atoms with Crippen molar-refractivity contribution in [3.8, 4) is 11.8 Å². The summed E-state index contributed by atoms with van der Waals surface area (Å²) < 4.78 is 0. The van der Waals surface area contributed by atoms with Crippen LogP contribution >= 0.6 is 0 Å². The van der Waals surface area contributed by atoms with Crippen molar-refractivity contribution >= 4 is 0 Å². The highest BCUT2D eigenvalue weighted by Crippen LogP contribution is 2.04. The van der Waals surface area contributed by atoms with E-state index in [2.05, 4.69) is 18.8 Å². The Morgan fingerprint density at radius 2 is 2.20 bits per heavy atom. The van der Waals surface area contributed by atoms with Crippen molar-refractivity contribution < 1.29 is 10.2 Å². The molecule has 10 heavy (non-hydrogen) atoms. The van der Waals surface area contributed by atoms with E-state index >= 15 is 0 Å². The lowest BCUT2D eigenvalue weighted by atomic mass is 10.0. The summed E-state index contributed by atoms with van der Waals surface area (Å²) in [6.07, 6.45) is -0.134.